The van der Waals surface area contributed by atoms with E-state index in [9.17, 15) is 0 Å². The fourth-order valence-electron chi connectivity index (χ4n) is 5.10. The van der Waals surface area contributed by atoms with Gasteiger partial charge >= 0.3 is 0 Å². The van der Waals surface area contributed by atoms with Crippen LogP contribution in [0.1, 0.15) is 23.6 Å². The average Bonchev–Trinajstić information content (AvgIpc) is 3.73. The highest BCUT2D eigenvalue weighted by molar-refractivity contribution is 5.78. The third kappa shape index (κ3) is 4.93. The topological polar surface area (TPSA) is 58.9 Å². The quantitative estimate of drug-likeness (QED) is 0.236. The highest BCUT2D eigenvalue weighted by Crippen LogP contribution is 2.38. The number of H-pyrrole nitrogens is 1. The van der Waals surface area contributed by atoms with Gasteiger partial charge in [-0.2, -0.15) is 5.10 Å². The Morgan fingerprint density at radius 3 is 1.80 bits per heavy atom. The summed E-state index contributed by atoms with van der Waals surface area (Å²) in [7, 11) is 0. The summed E-state index contributed by atoms with van der Waals surface area (Å²) in [5, 5.41) is 7.18. The number of benzene rings is 3. The molecule has 5 heteroatoms. The van der Waals surface area contributed by atoms with Crippen molar-refractivity contribution in [3.8, 4) is 22.5 Å². The van der Waals surface area contributed by atoms with Crippen molar-refractivity contribution < 1.29 is 0 Å². The van der Waals surface area contributed by atoms with E-state index >= 15 is 0 Å². The first-order chi connectivity index (χ1) is 19.7. The van der Waals surface area contributed by atoms with Crippen molar-refractivity contribution in [1.29, 1.82) is 0 Å². The van der Waals surface area contributed by atoms with Crippen LogP contribution < -0.4 is 0 Å². The maximum absolute atomic E-state index is 4.37. The van der Waals surface area contributed by atoms with Crippen LogP contribution >= 0.6 is 0 Å². The molecule has 3 aromatic carbocycles. The van der Waals surface area contributed by atoms with E-state index in [1.165, 1.54) is 16.7 Å². The Balaban J connectivity index is 0.000000145. The number of hydrogen-bond donors (Lipinski definition) is 1. The lowest BCUT2D eigenvalue weighted by Gasteiger charge is -2.31. The summed E-state index contributed by atoms with van der Waals surface area (Å²) in [6.45, 7) is 2.30. The van der Waals surface area contributed by atoms with E-state index in [2.05, 4.69) is 118 Å². The van der Waals surface area contributed by atoms with Crippen molar-refractivity contribution in [2.24, 2.45) is 0 Å². The second-order valence-corrected chi connectivity index (χ2v) is 9.71. The monoisotopic (exact) mass is 519 g/mol. The van der Waals surface area contributed by atoms with E-state index in [-0.39, 0.29) is 5.41 Å². The van der Waals surface area contributed by atoms with E-state index in [0.29, 0.717) is 0 Å². The van der Waals surface area contributed by atoms with E-state index in [0.717, 1.165) is 28.2 Å². The summed E-state index contributed by atoms with van der Waals surface area (Å²) in [5.41, 5.74) is 8.66. The van der Waals surface area contributed by atoms with Gasteiger partial charge < -0.3 is 4.40 Å². The molecular formula is C35H29N5. The van der Waals surface area contributed by atoms with E-state index in [1.807, 2.05) is 53.3 Å². The zero-order chi connectivity index (χ0) is 27.2. The molecule has 0 radical (unpaired) electrons. The second-order valence-electron chi connectivity index (χ2n) is 9.71. The van der Waals surface area contributed by atoms with E-state index in [1.54, 1.807) is 12.4 Å². The standard InChI is InChI=1S/C20H18.C15H11N5/c1-20(17-11-5-2-6-12-17,18-13-7-3-8-14-18)19-15-9-4-10-16-19;1-2-6-16-13(3-1)15-12(9-18-19-15)11-4-5-14-17-7-8-20(14)10-11/h2-16H,1H3;1-10H,(H,18,19). The number of nitrogens with one attached hydrogen (secondary N) is 1. The molecule has 0 atom stereocenters. The van der Waals surface area contributed by atoms with Crippen LogP contribution in [-0.2, 0) is 5.41 Å². The average molecular weight is 520 g/mol. The predicted octanol–water partition coefficient (Wildman–Crippen LogP) is 7.83. The Morgan fingerprint density at radius 1 is 0.625 bits per heavy atom. The second kappa shape index (κ2) is 11.2. The summed E-state index contributed by atoms with van der Waals surface area (Å²) < 4.78 is 1.99. The van der Waals surface area contributed by atoms with Gasteiger partial charge in [0.15, 0.2) is 0 Å². The van der Waals surface area contributed by atoms with Gasteiger partial charge in [-0.15, -0.1) is 0 Å². The minimum Gasteiger partial charge on any atom is -0.306 e. The lowest BCUT2D eigenvalue weighted by atomic mass is 9.71. The van der Waals surface area contributed by atoms with E-state index in [4.69, 9.17) is 0 Å². The molecule has 4 heterocycles. The van der Waals surface area contributed by atoms with Gasteiger partial charge in [0.25, 0.3) is 0 Å². The summed E-state index contributed by atoms with van der Waals surface area (Å²) in [4.78, 5) is 8.62. The van der Waals surface area contributed by atoms with Gasteiger partial charge in [0, 0.05) is 41.3 Å². The van der Waals surface area contributed by atoms with Gasteiger partial charge in [-0.25, -0.2) is 4.98 Å². The number of fused-ring (bicyclic) bond motifs is 1. The number of aromatic nitrogens is 5. The van der Waals surface area contributed by atoms with Gasteiger partial charge in [-0.05, 0) is 47.9 Å². The molecule has 5 nitrogen and oxygen atoms in total. The molecule has 194 valence electrons. The van der Waals surface area contributed by atoms with Crippen molar-refractivity contribution in [1.82, 2.24) is 24.6 Å². The number of aromatic amines is 1. The lowest BCUT2D eigenvalue weighted by molar-refractivity contribution is 0.692. The van der Waals surface area contributed by atoms with Crippen LogP contribution in [0.4, 0.5) is 0 Å². The Labute approximate surface area is 233 Å². The molecule has 0 fully saturated rings. The molecule has 4 aromatic heterocycles. The Kier molecular flexibility index (Phi) is 7.01. The Morgan fingerprint density at radius 2 is 1.23 bits per heavy atom. The molecule has 7 aromatic rings. The molecule has 0 aliphatic heterocycles. The SMILES string of the molecule is CC(c1ccccc1)(c1ccccc1)c1ccccc1.c1ccc(-c2[nH]ncc2-c2ccc3nccn3c2)nc1. The molecule has 0 bridgehead atoms. The third-order valence-electron chi connectivity index (χ3n) is 7.31. The molecule has 0 aliphatic rings. The smallest absolute Gasteiger partial charge is 0.136 e. The van der Waals surface area contributed by atoms with Crippen molar-refractivity contribution >= 4 is 5.65 Å². The Bertz CT molecular complexity index is 1690. The number of nitrogens with zero attached hydrogens (tertiary/aromatic N) is 4. The number of imidazole rings is 1. The van der Waals surface area contributed by atoms with Crippen LogP contribution in [0.3, 0.4) is 0 Å². The number of hydrogen-bond acceptors (Lipinski definition) is 3. The fraction of sp³-hybridized carbons (Fsp3) is 0.0571. The fourth-order valence-corrected chi connectivity index (χ4v) is 5.10. The van der Waals surface area contributed by atoms with Crippen molar-refractivity contribution in [2.75, 3.05) is 0 Å². The zero-order valence-corrected chi connectivity index (χ0v) is 22.2. The van der Waals surface area contributed by atoms with Crippen LogP contribution in [0.2, 0.25) is 0 Å². The first-order valence-corrected chi connectivity index (χ1v) is 13.3. The normalized spacial score (nSPS) is 11.1. The molecule has 0 amide bonds. The molecule has 0 saturated heterocycles. The van der Waals surface area contributed by atoms with Crippen molar-refractivity contribution in [2.45, 2.75) is 12.3 Å². The van der Waals surface area contributed by atoms with Crippen LogP contribution in [0.15, 0.2) is 152 Å². The Hall–Kier alpha value is -5.29. The molecule has 0 saturated carbocycles. The molecule has 40 heavy (non-hydrogen) atoms. The first-order valence-electron chi connectivity index (χ1n) is 13.3. The minimum atomic E-state index is -0.121. The maximum Gasteiger partial charge on any atom is 0.136 e. The first kappa shape index (κ1) is 25.0. The van der Waals surface area contributed by atoms with Gasteiger partial charge in [-0.1, -0.05) is 97.1 Å². The molecule has 7 rings (SSSR count). The van der Waals surface area contributed by atoms with E-state index < -0.39 is 0 Å². The minimum absolute atomic E-state index is 0.121. The summed E-state index contributed by atoms with van der Waals surface area (Å²) in [6.07, 6.45) is 9.36. The van der Waals surface area contributed by atoms with Crippen molar-refractivity contribution in [3.63, 3.8) is 0 Å². The van der Waals surface area contributed by atoms with Gasteiger partial charge in [0.1, 0.15) is 5.65 Å². The molecule has 0 aliphatic carbocycles. The summed E-state index contributed by atoms with van der Waals surface area (Å²) >= 11 is 0. The summed E-state index contributed by atoms with van der Waals surface area (Å²) in [6, 6.07) is 42.0. The predicted molar refractivity (Wildman–Crippen MR) is 161 cm³/mol. The highest BCUT2D eigenvalue weighted by atomic mass is 15.1. The zero-order valence-electron chi connectivity index (χ0n) is 22.2. The third-order valence-corrected chi connectivity index (χ3v) is 7.31. The van der Waals surface area contributed by atoms with Gasteiger partial charge in [0.2, 0.25) is 0 Å². The molecule has 0 spiro atoms. The van der Waals surface area contributed by atoms with Crippen LogP contribution in [0, 0.1) is 0 Å². The van der Waals surface area contributed by atoms with Crippen LogP contribution in [-0.4, -0.2) is 24.6 Å². The van der Waals surface area contributed by atoms with Gasteiger partial charge in [0.05, 0.1) is 17.6 Å². The largest absolute Gasteiger partial charge is 0.306 e. The molecular weight excluding hydrogens is 490 g/mol. The summed E-state index contributed by atoms with van der Waals surface area (Å²) in [5.74, 6) is 0. The van der Waals surface area contributed by atoms with Crippen LogP contribution in [0.25, 0.3) is 28.2 Å². The van der Waals surface area contributed by atoms with Crippen LogP contribution in [0.5, 0.6) is 0 Å². The molecule has 0 unspecified atom stereocenters. The molecule has 1 N–H and O–H groups in total. The van der Waals surface area contributed by atoms with Gasteiger partial charge in [-0.3, -0.25) is 10.1 Å². The maximum atomic E-state index is 4.37. The lowest BCUT2D eigenvalue weighted by Crippen LogP contribution is -2.25. The highest BCUT2D eigenvalue weighted by Gasteiger charge is 2.30. The van der Waals surface area contributed by atoms with Crippen molar-refractivity contribution in [3.05, 3.63) is 169 Å². The number of rotatable bonds is 5. The number of pyridine rings is 2.